The predicted molar refractivity (Wildman–Crippen MR) is 48.0 cm³/mol. The van der Waals surface area contributed by atoms with E-state index >= 15 is 0 Å². The molecule has 12 heavy (non-hydrogen) atoms. The Morgan fingerprint density at radius 1 is 1.50 bits per heavy atom. The van der Waals surface area contributed by atoms with Crippen molar-refractivity contribution in [3.05, 3.63) is 0 Å². The largest absolute Gasteiger partial charge is 0.388 e. The highest BCUT2D eigenvalue weighted by Crippen LogP contribution is 1.98. The molecule has 2 amide bonds. The Morgan fingerprint density at radius 3 is 2.25 bits per heavy atom. The molecule has 0 aliphatic heterocycles. The zero-order valence-corrected chi connectivity index (χ0v) is 7.50. The molecule has 0 atom stereocenters. The fourth-order valence-corrected chi connectivity index (χ4v) is 0.864. The molecule has 0 saturated carbocycles. The number of nitrogens with two attached hydrogens (primary N) is 2. The van der Waals surface area contributed by atoms with Crippen molar-refractivity contribution in [3.8, 4) is 0 Å². The van der Waals surface area contributed by atoms with Gasteiger partial charge in [-0.05, 0) is 13.8 Å². The normalized spacial score (nSPS) is 9.92. The van der Waals surface area contributed by atoms with Crippen LogP contribution in [0.4, 0.5) is 4.79 Å². The summed E-state index contributed by atoms with van der Waals surface area (Å²) < 4.78 is 0. The van der Waals surface area contributed by atoms with Gasteiger partial charge >= 0.3 is 6.03 Å². The number of carbonyl (C=O) groups excluding carboxylic acids is 1. The Hall–Kier alpha value is -1.26. The number of carbonyl (C=O) groups is 1. The van der Waals surface area contributed by atoms with Gasteiger partial charge in [-0.1, -0.05) is 0 Å². The lowest BCUT2D eigenvalue weighted by Crippen LogP contribution is -2.42. The van der Waals surface area contributed by atoms with Crippen molar-refractivity contribution in [2.45, 2.75) is 26.3 Å². The maximum absolute atomic E-state index is 10.8. The maximum Gasteiger partial charge on any atom is 0.315 e. The summed E-state index contributed by atoms with van der Waals surface area (Å²) in [6.45, 7) is 4.15. The second kappa shape index (κ2) is 4.58. The van der Waals surface area contributed by atoms with Crippen LogP contribution in [0.2, 0.25) is 0 Å². The molecule has 0 aliphatic carbocycles. The number of rotatable bonds is 4. The molecule has 0 fully saturated rings. The Bertz CT molecular complexity index is 178. The molecule has 0 saturated heterocycles. The van der Waals surface area contributed by atoms with E-state index < -0.39 is 6.03 Å². The summed E-state index contributed by atoms with van der Waals surface area (Å²) in [4.78, 5) is 12.3. The van der Waals surface area contributed by atoms with Crippen LogP contribution in [-0.4, -0.2) is 29.4 Å². The summed E-state index contributed by atoms with van der Waals surface area (Å²) in [5, 5.41) is 6.97. The van der Waals surface area contributed by atoms with Crippen LogP contribution in [0.5, 0.6) is 0 Å². The number of primary amides is 1. The second-order valence-electron chi connectivity index (χ2n) is 2.90. The molecule has 70 valence electrons. The molecule has 0 radical (unpaired) electrons. The molecule has 5 N–H and O–H groups in total. The molecule has 0 aromatic carbocycles. The average molecular weight is 172 g/mol. The van der Waals surface area contributed by atoms with Gasteiger partial charge in [-0.15, -0.1) is 0 Å². The lowest BCUT2D eigenvalue weighted by molar-refractivity contribution is 0.195. The van der Waals surface area contributed by atoms with Gasteiger partial charge in [0, 0.05) is 19.0 Å². The van der Waals surface area contributed by atoms with E-state index in [4.69, 9.17) is 16.9 Å². The number of nitrogens with zero attached hydrogens (tertiary/aromatic N) is 1. The van der Waals surface area contributed by atoms with E-state index in [-0.39, 0.29) is 11.9 Å². The monoisotopic (exact) mass is 172 g/mol. The highest BCUT2D eigenvalue weighted by Gasteiger charge is 2.12. The van der Waals surface area contributed by atoms with Gasteiger partial charge < -0.3 is 16.4 Å². The van der Waals surface area contributed by atoms with E-state index in [0.717, 1.165) is 0 Å². The van der Waals surface area contributed by atoms with Crippen molar-refractivity contribution in [2.75, 3.05) is 6.54 Å². The standard InChI is InChI=1S/C7H16N4O/c1-5(2)11(7(10)12)4-3-6(8)9/h5H,3-4H2,1-2H3,(H3,8,9)(H2,10,12). The van der Waals surface area contributed by atoms with Crippen LogP contribution in [-0.2, 0) is 0 Å². The Balaban J connectivity index is 3.97. The average Bonchev–Trinajstić information content (AvgIpc) is 1.84. The fraction of sp³-hybridized carbons (Fsp3) is 0.714. The van der Waals surface area contributed by atoms with Gasteiger partial charge in [-0.2, -0.15) is 0 Å². The van der Waals surface area contributed by atoms with Crippen LogP contribution in [0.3, 0.4) is 0 Å². The third kappa shape index (κ3) is 3.80. The molecular formula is C7H16N4O. The van der Waals surface area contributed by atoms with Crippen LogP contribution in [0, 0.1) is 5.41 Å². The van der Waals surface area contributed by atoms with Crippen LogP contribution < -0.4 is 11.5 Å². The summed E-state index contributed by atoms with van der Waals surface area (Å²) >= 11 is 0. The number of hydrogen-bond donors (Lipinski definition) is 3. The quantitative estimate of drug-likeness (QED) is 0.414. The minimum atomic E-state index is -0.466. The third-order valence-corrected chi connectivity index (χ3v) is 1.53. The number of hydrogen-bond acceptors (Lipinski definition) is 2. The third-order valence-electron chi connectivity index (χ3n) is 1.53. The van der Waals surface area contributed by atoms with E-state index in [1.165, 1.54) is 4.90 Å². The lowest BCUT2D eigenvalue weighted by Gasteiger charge is -2.23. The second-order valence-corrected chi connectivity index (χ2v) is 2.90. The smallest absolute Gasteiger partial charge is 0.315 e. The summed E-state index contributed by atoms with van der Waals surface area (Å²) in [5.74, 6) is 0.0712. The summed E-state index contributed by atoms with van der Waals surface area (Å²) in [7, 11) is 0. The zero-order chi connectivity index (χ0) is 9.72. The van der Waals surface area contributed by atoms with Gasteiger partial charge in [0.2, 0.25) is 0 Å². The van der Waals surface area contributed by atoms with Crippen molar-refractivity contribution in [2.24, 2.45) is 11.5 Å². The molecule has 5 heteroatoms. The molecule has 0 rings (SSSR count). The highest BCUT2D eigenvalue weighted by atomic mass is 16.2. The molecule has 5 nitrogen and oxygen atoms in total. The molecule has 0 aromatic heterocycles. The Morgan fingerprint density at radius 2 is 2.00 bits per heavy atom. The van der Waals surface area contributed by atoms with E-state index in [2.05, 4.69) is 0 Å². The van der Waals surface area contributed by atoms with E-state index in [1.807, 2.05) is 13.8 Å². The van der Waals surface area contributed by atoms with E-state index in [1.54, 1.807) is 0 Å². The van der Waals surface area contributed by atoms with Crippen molar-refractivity contribution >= 4 is 11.9 Å². The minimum absolute atomic E-state index is 0.0573. The maximum atomic E-state index is 10.8. The van der Waals surface area contributed by atoms with Crippen molar-refractivity contribution in [1.29, 1.82) is 5.41 Å². The number of urea groups is 1. The number of amidine groups is 1. The van der Waals surface area contributed by atoms with E-state index in [0.29, 0.717) is 13.0 Å². The first kappa shape index (κ1) is 10.7. The molecular weight excluding hydrogens is 156 g/mol. The molecule has 0 unspecified atom stereocenters. The van der Waals surface area contributed by atoms with Gasteiger partial charge in [0.05, 0.1) is 5.84 Å². The van der Waals surface area contributed by atoms with Gasteiger partial charge in [0.15, 0.2) is 0 Å². The van der Waals surface area contributed by atoms with Crippen LogP contribution in [0.25, 0.3) is 0 Å². The fourth-order valence-electron chi connectivity index (χ4n) is 0.864. The molecule has 0 aliphatic rings. The molecule has 0 aromatic rings. The first-order valence-corrected chi connectivity index (χ1v) is 3.84. The van der Waals surface area contributed by atoms with Crippen LogP contribution in [0.1, 0.15) is 20.3 Å². The van der Waals surface area contributed by atoms with Gasteiger partial charge in [0.25, 0.3) is 0 Å². The highest BCUT2D eigenvalue weighted by molar-refractivity contribution is 5.78. The summed E-state index contributed by atoms with van der Waals surface area (Å²) in [6.07, 6.45) is 0.376. The van der Waals surface area contributed by atoms with Gasteiger partial charge in [-0.25, -0.2) is 4.79 Å². The lowest BCUT2D eigenvalue weighted by atomic mass is 10.3. The number of amides is 2. The van der Waals surface area contributed by atoms with Crippen LogP contribution >= 0.6 is 0 Å². The van der Waals surface area contributed by atoms with E-state index in [9.17, 15) is 4.79 Å². The SMILES string of the molecule is CC(C)N(CCC(=N)N)C(N)=O. The summed E-state index contributed by atoms with van der Waals surface area (Å²) in [5.41, 5.74) is 10.2. The predicted octanol–water partition coefficient (Wildman–Crippen LogP) is 0.102. The Kier molecular flexibility index (Phi) is 4.10. The Labute approximate surface area is 72.2 Å². The summed E-state index contributed by atoms with van der Waals surface area (Å²) in [6, 6.07) is -0.409. The first-order chi connectivity index (χ1) is 5.45. The number of nitrogens with one attached hydrogen (secondary N) is 1. The topological polar surface area (TPSA) is 96.2 Å². The van der Waals surface area contributed by atoms with Crippen molar-refractivity contribution in [3.63, 3.8) is 0 Å². The minimum Gasteiger partial charge on any atom is -0.388 e. The van der Waals surface area contributed by atoms with Crippen LogP contribution in [0.15, 0.2) is 0 Å². The molecule has 0 heterocycles. The van der Waals surface area contributed by atoms with Gasteiger partial charge in [0.1, 0.15) is 0 Å². The van der Waals surface area contributed by atoms with Crippen molar-refractivity contribution in [1.82, 2.24) is 4.90 Å². The van der Waals surface area contributed by atoms with Crippen molar-refractivity contribution < 1.29 is 4.79 Å². The molecule has 0 spiro atoms. The molecule has 0 bridgehead atoms. The van der Waals surface area contributed by atoms with Gasteiger partial charge in [-0.3, -0.25) is 5.41 Å². The first-order valence-electron chi connectivity index (χ1n) is 3.84. The zero-order valence-electron chi connectivity index (χ0n) is 7.50.